The summed E-state index contributed by atoms with van der Waals surface area (Å²) in [6.07, 6.45) is 20.3. The second kappa shape index (κ2) is 6.68. The van der Waals surface area contributed by atoms with Gasteiger partial charge in [-0.25, -0.2) is 0 Å². The molecule has 0 aromatic carbocycles. The van der Waals surface area contributed by atoms with E-state index < -0.39 is 0 Å². The molecule has 0 amide bonds. The number of hydrogen-bond acceptors (Lipinski definition) is 0. The molecule has 4 aliphatic rings. The first-order valence-corrected chi connectivity index (χ1v) is 11.5. The standard InChI is InChI=1S/C26H40/c1-6-8-19(3)22-12-13-23-21-11-10-20-17-18(2)9-7-15-25(20,4)24(21)14-16-26(22,23)5/h8,10,12,18,21,23-24H,6-7,9,11,13-17H2,1-5H3/b19-8+/t18-,21?,23?,24?,25?,26?/m0/s1. The molecule has 0 nitrogen and oxygen atoms in total. The van der Waals surface area contributed by atoms with Gasteiger partial charge in [-0.1, -0.05) is 69.9 Å². The highest BCUT2D eigenvalue weighted by Crippen LogP contribution is 2.65. The highest BCUT2D eigenvalue weighted by molar-refractivity contribution is 5.40. The molecule has 0 spiro atoms. The van der Waals surface area contributed by atoms with E-state index >= 15 is 0 Å². The zero-order chi connectivity index (χ0) is 18.5. The fourth-order valence-corrected chi connectivity index (χ4v) is 7.71. The second-order valence-electron chi connectivity index (χ2n) is 10.6. The summed E-state index contributed by atoms with van der Waals surface area (Å²) in [5, 5.41) is 0. The van der Waals surface area contributed by atoms with Crippen LogP contribution in [-0.2, 0) is 0 Å². The van der Waals surface area contributed by atoms with Gasteiger partial charge in [-0.3, -0.25) is 0 Å². The maximum Gasteiger partial charge on any atom is -0.00418 e. The molecule has 0 saturated heterocycles. The van der Waals surface area contributed by atoms with E-state index in [4.69, 9.17) is 0 Å². The third-order valence-electron chi connectivity index (χ3n) is 9.10. The van der Waals surface area contributed by atoms with Crippen LogP contribution in [0.15, 0.2) is 34.9 Å². The largest absolute Gasteiger partial charge is 0.0845 e. The van der Waals surface area contributed by atoms with E-state index in [2.05, 4.69) is 52.8 Å². The highest BCUT2D eigenvalue weighted by Gasteiger charge is 2.56. The van der Waals surface area contributed by atoms with Gasteiger partial charge in [-0.15, -0.1) is 0 Å². The van der Waals surface area contributed by atoms with E-state index in [9.17, 15) is 0 Å². The summed E-state index contributed by atoms with van der Waals surface area (Å²) in [6, 6.07) is 0. The molecule has 5 unspecified atom stereocenters. The van der Waals surface area contributed by atoms with Crippen molar-refractivity contribution in [2.45, 2.75) is 92.4 Å². The number of fused-ring (bicyclic) bond motifs is 5. The first-order valence-electron chi connectivity index (χ1n) is 11.5. The second-order valence-corrected chi connectivity index (χ2v) is 10.6. The molecule has 4 rings (SSSR count). The molecule has 0 aliphatic heterocycles. The van der Waals surface area contributed by atoms with Crippen molar-refractivity contribution in [3.63, 3.8) is 0 Å². The first-order chi connectivity index (χ1) is 12.4. The van der Waals surface area contributed by atoms with Crippen LogP contribution in [0.5, 0.6) is 0 Å². The van der Waals surface area contributed by atoms with Gasteiger partial charge in [-0.2, -0.15) is 0 Å². The molecule has 4 aliphatic carbocycles. The molecule has 0 N–H and O–H groups in total. The molecule has 0 heteroatoms. The summed E-state index contributed by atoms with van der Waals surface area (Å²) < 4.78 is 0. The van der Waals surface area contributed by atoms with Gasteiger partial charge >= 0.3 is 0 Å². The third-order valence-corrected chi connectivity index (χ3v) is 9.10. The Morgan fingerprint density at radius 1 is 1.08 bits per heavy atom. The van der Waals surface area contributed by atoms with Crippen LogP contribution < -0.4 is 0 Å². The van der Waals surface area contributed by atoms with Crippen LogP contribution in [-0.4, -0.2) is 0 Å². The zero-order valence-electron chi connectivity index (χ0n) is 17.9. The van der Waals surface area contributed by atoms with Crippen LogP contribution in [0.25, 0.3) is 0 Å². The minimum atomic E-state index is 0.441. The van der Waals surface area contributed by atoms with E-state index in [1.807, 2.05) is 5.57 Å². The molecular formula is C26H40. The van der Waals surface area contributed by atoms with Gasteiger partial charge in [0.25, 0.3) is 0 Å². The van der Waals surface area contributed by atoms with Gasteiger partial charge in [0.2, 0.25) is 0 Å². The predicted octanol–water partition coefficient (Wildman–Crippen LogP) is 7.87. The fraction of sp³-hybridized carbons (Fsp3) is 0.769. The van der Waals surface area contributed by atoms with Gasteiger partial charge in [-0.05, 0) is 91.9 Å². The summed E-state index contributed by atoms with van der Waals surface area (Å²) in [6.45, 7) is 12.4. The Balaban J connectivity index is 1.64. The molecule has 26 heavy (non-hydrogen) atoms. The Hall–Kier alpha value is -0.780. The van der Waals surface area contributed by atoms with E-state index in [0.717, 1.165) is 23.7 Å². The number of hydrogen-bond donors (Lipinski definition) is 0. The summed E-state index contributed by atoms with van der Waals surface area (Å²) >= 11 is 0. The third kappa shape index (κ3) is 2.70. The lowest BCUT2D eigenvalue weighted by Gasteiger charge is -2.56. The predicted molar refractivity (Wildman–Crippen MR) is 113 cm³/mol. The smallest absolute Gasteiger partial charge is 0.00418 e. The highest BCUT2D eigenvalue weighted by atomic mass is 14.6. The SMILES string of the molecule is CC/C=C(\C)C1=CCC2C3CC=C4C[C@@H](C)CCCC4(C)C3CCC12C. The average Bonchev–Trinajstić information content (AvgIpc) is 2.86. The summed E-state index contributed by atoms with van der Waals surface area (Å²) in [4.78, 5) is 0. The van der Waals surface area contributed by atoms with Crippen LogP contribution in [0.4, 0.5) is 0 Å². The zero-order valence-corrected chi connectivity index (χ0v) is 17.9. The summed E-state index contributed by atoms with van der Waals surface area (Å²) in [5.74, 6) is 3.63. The Kier molecular flexibility index (Phi) is 4.77. The Morgan fingerprint density at radius 2 is 1.88 bits per heavy atom. The summed E-state index contributed by atoms with van der Waals surface area (Å²) in [5.41, 5.74) is 6.07. The molecule has 2 saturated carbocycles. The molecule has 0 heterocycles. The molecular weight excluding hydrogens is 312 g/mol. The van der Waals surface area contributed by atoms with E-state index in [0.29, 0.717) is 10.8 Å². The van der Waals surface area contributed by atoms with E-state index in [1.165, 1.54) is 57.8 Å². The van der Waals surface area contributed by atoms with Crippen LogP contribution in [0.2, 0.25) is 0 Å². The van der Waals surface area contributed by atoms with Crippen molar-refractivity contribution in [3.05, 3.63) is 34.9 Å². The monoisotopic (exact) mass is 352 g/mol. The lowest BCUT2D eigenvalue weighted by Crippen LogP contribution is -2.48. The minimum Gasteiger partial charge on any atom is -0.0845 e. The molecule has 0 bridgehead atoms. The number of allylic oxidation sites excluding steroid dienone is 6. The van der Waals surface area contributed by atoms with Crippen molar-refractivity contribution < 1.29 is 0 Å². The van der Waals surface area contributed by atoms with Crippen molar-refractivity contribution in [3.8, 4) is 0 Å². The Bertz CT molecular complexity index is 647. The lowest BCUT2D eigenvalue weighted by molar-refractivity contribution is -0.00981. The van der Waals surface area contributed by atoms with Gasteiger partial charge in [0.1, 0.15) is 0 Å². The molecule has 2 fully saturated rings. The van der Waals surface area contributed by atoms with Crippen molar-refractivity contribution in [1.29, 1.82) is 0 Å². The van der Waals surface area contributed by atoms with Gasteiger partial charge in [0, 0.05) is 0 Å². The van der Waals surface area contributed by atoms with Crippen molar-refractivity contribution in [2.24, 2.45) is 34.5 Å². The molecule has 0 aromatic rings. The van der Waals surface area contributed by atoms with E-state index in [-0.39, 0.29) is 0 Å². The summed E-state index contributed by atoms with van der Waals surface area (Å²) in [7, 11) is 0. The van der Waals surface area contributed by atoms with Crippen LogP contribution in [0.1, 0.15) is 92.4 Å². The topological polar surface area (TPSA) is 0 Å². The lowest BCUT2D eigenvalue weighted by atomic mass is 9.48. The molecule has 6 atom stereocenters. The van der Waals surface area contributed by atoms with Crippen LogP contribution >= 0.6 is 0 Å². The normalized spacial score (nSPS) is 45.8. The van der Waals surface area contributed by atoms with Crippen molar-refractivity contribution in [1.82, 2.24) is 0 Å². The first kappa shape index (κ1) is 18.6. The maximum atomic E-state index is 2.72. The van der Waals surface area contributed by atoms with Gasteiger partial charge in [0.15, 0.2) is 0 Å². The van der Waals surface area contributed by atoms with Gasteiger partial charge in [0.05, 0.1) is 0 Å². The maximum absolute atomic E-state index is 2.72. The average molecular weight is 353 g/mol. The van der Waals surface area contributed by atoms with Crippen molar-refractivity contribution in [2.75, 3.05) is 0 Å². The van der Waals surface area contributed by atoms with Crippen molar-refractivity contribution >= 4 is 0 Å². The number of rotatable bonds is 2. The minimum absolute atomic E-state index is 0.441. The van der Waals surface area contributed by atoms with E-state index in [1.54, 1.807) is 11.1 Å². The fourth-order valence-electron chi connectivity index (χ4n) is 7.71. The van der Waals surface area contributed by atoms with Crippen LogP contribution in [0.3, 0.4) is 0 Å². The molecule has 0 aromatic heterocycles. The quantitative estimate of drug-likeness (QED) is 0.443. The molecule has 0 radical (unpaired) electrons. The Labute approximate surface area is 162 Å². The van der Waals surface area contributed by atoms with Crippen LogP contribution in [0, 0.1) is 34.5 Å². The Morgan fingerprint density at radius 3 is 2.65 bits per heavy atom. The molecule has 144 valence electrons. The van der Waals surface area contributed by atoms with Gasteiger partial charge < -0.3 is 0 Å².